The molecule has 0 N–H and O–H groups in total. The fourth-order valence-corrected chi connectivity index (χ4v) is 7.89. The summed E-state index contributed by atoms with van der Waals surface area (Å²) in [6.07, 6.45) is 73.0. The van der Waals surface area contributed by atoms with Crippen molar-refractivity contribution in [3.05, 3.63) is 85.1 Å². The van der Waals surface area contributed by atoms with Crippen molar-refractivity contribution in [3.63, 3.8) is 0 Å². The van der Waals surface area contributed by atoms with Gasteiger partial charge in [0.1, 0.15) is 13.2 Å². The third-order valence-electron chi connectivity index (χ3n) is 12.2. The molecule has 0 spiro atoms. The molecule has 0 aromatic heterocycles. The van der Waals surface area contributed by atoms with E-state index in [1.807, 2.05) is 0 Å². The van der Waals surface area contributed by atoms with Crippen LogP contribution in [0.1, 0.15) is 271 Å². The summed E-state index contributed by atoms with van der Waals surface area (Å²) in [6.45, 7) is 6.49. The highest BCUT2D eigenvalue weighted by atomic mass is 16.6. The van der Waals surface area contributed by atoms with Gasteiger partial charge in [0.05, 0.1) is 0 Å². The maximum Gasteiger partial charge on any atom is 0.306 e. The average Bonchev–Trinajstić information content (AvgIpc) is 3.34. The van der Waals surface area contributed by atoms with Crippen LogP contribution in [0, 0.1) is 0 Å². The molecule has 0 aromatic rings. The molecule has 390 valence electrons. The molecule has 0 rings (SSSR count). The highest BCUT2D eigenvalue weighted by Gasteiger charge is 2.19. The Balaban J connectivity index is 4.25. The zero-order valence-electron chi connectivity index (χ0n) is 44.6. The zero-order chi connectivity index (χ0) is 49.3. The molecule has 0 radical (unpaired) electrons. The minimum atomic E-state index is -0.780. The van der Waals surface area contributed by atoms with Gasteiger partial charge in [-0.2, -0.15) is 0 Å². The Morgan fingerprint density at radius 1 is 0.309 bits per heavy atom. The number of ether oxygens (including phenoxy) is 3. The number of rotatable bonds is 51. The van der Waals surface area contributed by atoms with E-state index in [9.17, 15) is 14.4 Å². The molecule has 0 fully saturated rings. The summed E-state index contributed by atoms with van der Waals surface area (Å²) in [4.78, 5) is 38.0. The van der Waals surface area contributed by atoms with Crippen LogP contribution in [0.2, 0.25) is 0 Å². The van der Waals surface area contributed by atoms with Gasteiger partial charge in [-0.25, -0.2) is 0 Å². The van der Waals surface area contributed by atoms with E-state index >= 15 is 0 Å². The Morgan fingerprint density at radius 3 is 0.897 bits per heavy atom. The van der Waals surface area contributed by atoms with Crippen LogP contribution in [-0.4, -0.2) is 37.2 Å². The molecule has 0 bridgehead atoms. The summed E-state index contributed by atoms with van der Waals surface area (Å²) in [6, 6.07) is 0. The van der Waals surface area contributed by atoms with Gasteiger partial charge in [0.2, 0.25) is 0 Å². The van der Waals surface area contributed by atoms with E-state index in [-0.39, 0.29) is 31.1 Å². The Bertz CT molecular complexity index is 1320. The molecule has 0 aliphatic carbocycles. The van der Waals surface area contributed by atoms with E-state index < -0.39 is 6.10 Å². The Morgan fingerprint density at radius 2 is 0.574 bits per heavy atom. The number of carbonyl (C=O) groups excluding carboxylic acids is 3. The predicted molar refractivity (Wildman–Crippen MR) is 293 cm³/mol. The van der Waals surface area contributed by atoms with Gasteiger partial charge in [-0.1, -0.05) is 260 Å². The van der Waals surface area contributed by atoms with Crippen LogP contribution < -0.4 is 0 Å². The van der Waals surface area contributed by atoms with Crippen LogP contribution in [0.5, 0.6) is 0 Å². The van der Waals surface area contributed by atoms with Crippen LogP contribution in [0.4, 0.5) is 0 Å². The molecule has 0 saturated carbocycles. The molecule has 0 saturated heterocycles. The topological polar surface area (TPSA) is 78.9 Å². The normalized spacial score (nSPS) is 12.7. The minimum absolute atomic E-state index is 0.0798. The highest BCUT2D eigenvalue weighted by molar-refractivity contribution is 5.71. The molecular formula is C62H106O6. The van der Waals surface area contributed by atoms with E-state index in [1.165, 1.54) is 109 Å². The molecule has 6 heteroatoms. The van der Waals surface area contributed by atoms with Gasteiger partial charge in [0.25, 0.3) is 0 Å². The number of hydrogen-bond acceptors (Lipinski definition) is 6. The van der Waals surface area contributed by atoms with Crippen molar-refractivity contribution in [1.29, 1.82) is 0 Å². The van der Waals surface area contributed by atoms with Crippen molar-refractivity contribution in [3.8, 4) is 0 Å². The first-order chi connectivity index (χ1) is 33.5. The highest BCUT2D eigenvalue weighted by Crippen LogP contribution is 2.16. The van der Waals surface area contributed by atoms with Crippen LogP contribution in [0.15, 0.2) is 85.1 Å². The van der Waals surface area contributed by atoms with Crippen molar-refractivity contribution in [2.24, 2.45) is 0 Å². The van der Waals surface area contributed by atoms with Crippen molar-refractivity contribution in [2.75, 3.05) is 13.2 Å². The number of carbonyl (C=O) groups is 3. The molecule has 1 atom stereocenters. The van der Waals surface area contributed by atoms with Crippen molar-refractivity contribution in [2.45, 2.75) is 277 Å². The summed E-state index contributed by atoms with van der Waals surface area (Å²) >= 11 is 0. The van der Waals surface area contributed by atoms with Gasteiger partial charge in [-0.15, -0.1) is 0 Å². The lowest BCUT2D eigenvalue weighted by Gasteiger charge is -2.18. The zero-order valence-corrected chi connectivity index (χ0v) is 44.6. The fourth-order valence-electron chi connectivity index (χ4n) is 7.89. The minimum Gasteiger partial charge on any atom is -0.462 e. The van der Waals surface area contributed by atoms with Gasteiger partial charge in [-0.05, 0) is 77.0 Å². The largest absolute Gasteiger partial charge is 0.462 e. The number of hydrogen-bond donors (Lipinski definition) is 0. The summed E-state index contributed by atoms with van der Waals surface area (Å²) in [5, 5.41) is 0. The van der Waals surface area contributed by atoms with Gasteiger partial charge in [0.15, 0.2) is 6.10 Å². The molecule has 0 aliphatic heterocycles. The van der Waals surface area contributed by atoms with Crippen molar-refractivity contribution in [1.82, 2.24) is 0 Å². The maximum atomic E-state index is 12.8. The molecular weight excluding hydrogens is 841 g/mol. The summed E-state index contributed by atoms with van der Waals surface area (Å²) in [7, 11) is 0. The van der Waals surface area contributed by atoms with Gasteiger partial charge in [0, 0.05) is 19.3 Å². The molecule has 0 aliphatic rings. The lowest BCUT2D eigenvalue weighted by Crippen LogP contribution is -2.30. The van der Waals surface area contributed by atoms with Crippen LogP contribution in [0.3, 0.4) is 0 Å². The summed E-state index contributed by atoms with van der Waals surface area (Å²) < 4.78 is 16.8. The second-order valence-electron chi connectivity index (χ2n) is 18.8. The first kappa shape index (κ1) is 64.6. The fraction of sp³-hybridized carbons (Fsp3) is 0.726. The Hall–Kier alpha value is -3.41. The van der Waals surface area contributed by atoms with E-state index in [1.54, 1.807) is 0 Å². The second kappa shape index (κ2) is 56.2. The maximum absolute atomic E-state index is 12.8. The van der Waals surface area contributed by atoms with E-state index in [4.69, 9.17) is 14.2 Å². The Kier molecular flexibility index (Phi) is 53.4. The number of esters is 3. The van der Waals surface area contributed by atoms with Crippen molar-refractivity contribution < 1.29 is 28.6 Å². The van der Waals surface area contributed by atoms with Crippen LogP contribution in [-0.2, 0) is 28.6 Å². The molecule has 1 unspecified atom stereocenters. The molecule has 6 nitrogen and oxygen atoms in total. The lowest BCUT2D eigenvalue weighted by molar-refractivity contribution is -0.167. The monoisotopic (exact) mass is 947 g/mol. The first-order valence-electron chi connectivity index (χ1n) is 28.6. The van der Waals surface area contributed by atoms with E-state index in [2.05, 4.69) is 106 Å². The second-order valence-corrected chi connectivity index (χ2v) is 18.8. The molecule has 68 heavy (non-hydrogen) atoms. The third kappa shape index (κ3) is 53.5. The number of unbranched alkanes of at least 4 members (excludes halogenated alkanes) is 26. The quantitative estimate of drug-likeness (QED) is 0.0262. The van der Waals surface area contributed by atoms with E-state index in [0.717, 1.165) is 122 Å². The van der Waals surface area contributed by atoms with Gasteiger partial charge in [-0.3, -0.25) is 14.4 Å². The molecule has 0 amide bonds. The number of allylic oxidation sites excluding steroid dienone is 14. The van der Waals surface area contributed by atoms with Crippen LogP contribution in [0.25, 0.3) is 0 Å². The van der Waals surface area contributed by atoms with Crippen LogP contribution >= 0.6 is 0 Å². The predicted octanol–water partition coefficient (Wildman–Crippen LogP) is 19.2. The standard InChI is InChI=1S/C62H106O6/c1-4-7-10-13-16-19-21-23-25-26-27-28-29-30-31-32-33-34-35-36-38-39-41-43-46-49-52-55-61(64)67-58-59(57-66-60(63)54-51-48-45-18-15-12-9-6-3)68-62(65)56-53-50-47-44-42-40-37-24-22-20-17-14-11-8-5-2/h7,10,16,19,23,25,27-28,30-31,33-34,36,38,59H,4-6,8-9,11-15,17-18,20-22,24,26,29,32,35,37,39-58H2,1-3H3/b10-7-,19-16-,25-23-,28-27-,31-30-,34-33-,38-36-. The van der Waals surface area contributed by atoms with Gasteiger partial charge < -0.3 is 14.2 Å². The van der Waals surface area contributed by atoms with Gasteiger partial charge >= 0.3 is 17.9 Å². The lowest BCUT2D eigenvalue weighted by atomic mass is 10.0. The van der Waals surface area contributed by atoms with Crippen molar-refractivity contribution >= 4 is 17.9 Å². The molecule has 0 aromatic carbocycles. The summed E-state index contributed by atoms with van der Waals surface area (Å²) in [5.41, 5.74) is 0. The summed E-state index contributed by atoms with van der Waals surface area (Å²) in [5.74, 6) is -0.898. The first-order valence-corrected chi connectivity index (χ1v) is 28.6. The smallest absolute Gasteiger partial charge is 0.306 e. The third-order valence-corrected chi connectivity index (χ3v) is 12.2. The average molecular weight is 948 g/mol. The Labute approximate surface area is 420 Å². The SMILES string of the molecule is CC/C=C\C/C=C\C/C=C\C/C=C\C/C=C\C/C=C\C/C=C\CCCCCCCC(=O)OCC(COC(=O)CCCCCCCCCC)OC(=O)CCCCCCCCCCCCCCCCC. The molecule has 0 heterocycles. The van der Waals surface area contributed by atoms with E-state index in [0.29, 0.717) is 19.3 Å².